The molecule has 0 spiro atoms. The van der Waals surface area contributed by atoms with E-state index >= 15 is 0 Å². The molecule has 1 aliphatic rings. The number of rotatable bonds is 3. The van der Waals surface area contributed by atoms with Crippen molar-refractivity contribution in [2.45, 2.75) is 32.3 Å². The average Bonchev–Trinajstić information content (AvgIpc) is 2.40. The Morgan fingerprint density at radius 2 is 1.82 bits per heavy atom. The van der Waals surface area contributed by atoms with E-state index in [4.69, 9.17) is 4.74 Å². The molecular formula is C14H19NO2. The van der Waals surface area contributed by atoms with Gasteiger partial charge in [0.05, 0.1) is 0 Å². The minimum absolute atomic E-state index is 0.105. The number of nitrogens with zero attached hydrogens (tertiary/aromatic N) is 1. The summed E-state index contributed by atoms with van der Waals surface area (Å²) in [7, 11) is 0. The fourth-order valence-corrected chi connectivity index (χ4v) is 2.12. The maximum Gasteiger partial charge on any atom is 0.263 e. The predicted molar refractivity (Wildman–Crippen MR) is 67.0 cm³/mol. The van der Waals surface area contributed by atoms with Crippen LogP contribution in [0.5, 0.6) is 5.75 Å². The highest BCUT2D eigenvalue weighted by atomic mass is 16.5. The summed E-state index contributed by atoms with van der Waals surface area (Å²) in [5.74, 6) is 0.860. The van der Waals surface area contributed by atoms with E-state index in [0.717, 1.165) is 31.7 Å². The molecule has 1 aliphatic heterocycles. The molecule has 1 aromatic rings. The van der Waals surface area contributed by atoms with Crippen LogP contribution in [0.4, 0.5) is 0 Å². The second kappa shape index (κ2) is 5.71. The Bertz CT molecular complexity index is 358. The lowest BCUT2D eigenvalue weighted by Gasteiger charge is -2.29. The van der Waals surface area contributed by atoms with E-state index in [1.165, 1.54) is 6.42 Å². The molecule has 0 radical (unpaired) electrons. The van der Waals surface area contributed by atoms with Crippen molar-refractivity contribution in [3.05, 3.63) is 30.3 Å². The Morgan fingerprint density at radius 3 is 2.47 bits per heavy atom. The minimum atomic E-state index is -0.393. The molecule has 0 unspecified atom stereocenters. The first kappa shape index (κ1) is 12.0. The fraction of sp³-hybridized carbons (Fsp3) is 0.500. The van der Waals surface area contributed by atoms with E-state index in [1.54, 1.807) is 0 Å². The molecule has 1 atom stereocenters. The van der Waals surface area contributed by atoms with Crippen molar-refractivity contribution >= 4 is 5.91 Å². The van der Waals surface area contributed by atoms with Gasteiger partial charge in [-0.1, -0.05) is 18.2 Å². The number of benzene rings is 1. The SMILES string of the molecule is C[C@H](Oc1ccccc1)C(=O)N1CCCCC1. The lowest BCUT2D eigenvalue weighted by atomic mass is 10.1. The van der Waals surface area contributed by atoms with Gasteiger partial charge in [0.15, 0.2) is 6.10 Å². The molecule has 0 aliphatic carbocycles. The van der Waals surface area contributed by atoms with Crippen LogP contribution in [-0.4, -0.2) is 30.0 Å². The molecule has 1 heterocycles. The Balaban J connectivity index is 1.90. The van der Waals surface area contributed by atoms with Gasteiger partial charge in [-0.25, -0.2) is 0 Å². The third-order valence-electron chi connectivity index (χ3n) is 3.07. The average molecular weight is 233 g/mol. The molecular weight excluding hydrogens is 214 g/mol. The number of likely N-dealkylation sites (tertiary alicyclic amines) is 1. The summed E-state index contributed by atoms with van der Waals surface area (Å²) in [4.78, 5) is 14.0. The molecule has 0 saturated carbocycles. The minimum Gasteiger partial charge on any atom is -0.481 e. The zero-order valence-corrected chi connectivity index (χ0v) is 10.3. The zero-order chi connectivity index (χ0) is 12.1. The van der Waals surface area contributed by atoms with E-state index in [-0.39, 0.29) is 5.91 Å². The van der Waals surface area contributed by atoms with Crippen molar-refractivity contribution in [3.63, 3.8) is 0 Å². The van der Waals surface area contributed by atoms with Crippen LogP contribution in [0.3, 0.4) is 0 Å². The first-order valence-corrected chi connectivity index (χ1v) is 6.28. The normalized spacial score (nSPS) is 17.6. The molecule has 2 rings (SSSR count). The molecule has 1 aromatic carbocycles. The number of amides is 1. The van der Waals surface area contributed by atoms with Crippen molar-refractivity contribution in [2.75, 3.05) is 13.1 Å². The maximum absolute atomic E-state index is 12.1. The first-order valence-electron chi connectivity index (χ1n) is 6.28. The van der Waals surface area contributed by atoms with Crippen LogP contribution in [-0.2, 0) is 4.79 Å². The molecule has 0 N–H and O–H groups in total. The number of carbonyl (C=O) groups excluding carboxylic acids is 1. The van der Waals surface area contributed by atoms with Crippen molar-refractivity contribution in [1.29, 1.82) is 0 Å². The molecule has 17 heavy (non-hydrogen) atoms. The standard InChI is InChI=1S/C14H19NO2/c1-12(17-13-8-4-2-5-9-13)14(16)15-10-6-3-7-11-15/h2,4-5,8-9,12H,3,6-7,10-11H2,1H3/t12-/m0/s1. The van der Waals surface area contributed by atoms with Gasteiger partial charge >= 0.3 is 0 Å². The van der Waals surface area contributed by atoms with E-state index in [2.05, 4.69) is 0 Å². The highest BCUT2D eigenvalue weighted by Crippen LogP contribution is 2.14. The van der Waals surface area contributed by atoms with Gasteiger partial charge in [-0.05, 0) is 38.3 Å². The quantitative estimate of drug-likeness (QED) is 0.802. The summed E-state index contributed by atoms with van der Waals surface area (Å²) in [6, 6.07) is 9.50. The van der Waals surface area contributed by atoms with Gasteiger partial charge in [0.2, 0.25) is 0 Å². The summed E-state index contributed by atoms with van der Waals surface area (Å²) in [5, 5.41) is 0. The van der Waals surface area contributed by atoms with Gasteiger partial charge in [-0.3, -0.25) is 4.79 Å². The van der Waals surface area contributed by atoms with Gasteiger partial charge in [0.1, 0.15) is 5.75 Å². The van der Waals surface area contributed by atoms with Crippen molar-refractivity contribution in [1.82, 2.24) is 4.90 Å². The maximum atomic E-state index is 12.1. The summed E-state index contributed by atoms with van der Waals surface area (Å²) in [6.07, 6.45) is 3.07. The third-order valence-corrected chi connectivity index (χ3v) is 3.07. The lowest BCUT2D eigenvalue weighted by Crippen LogP contribution is -2.43. The topological polar surface area (TPSA) is 29.5 Å². The number of para-hydroxylation sites is 1. The van der Waals surface area contributed by atoms with Gasteiger partial charge in [0, 0.05) is 13.1 Å². The van der Waals surface area contributed by atoms with Crippen LogP contribution < -0.4 is 4.74 Å². The number of ether oxygens (including phenoxy) is 1. The summed E-state index contributed by atoms with van der Waals surface area (Å²) >= 11 is 0. The van der Waals surface area contributed by atoms with E-state index in [9.17, 15) is 4.79 Å². The van der Waals surface area contributed by atoms with Crippen LogP contribution in [0.1, 0.15) is 26.2 Å². The van der Waals surface area contributed by atoms with E-state index in [1.807, 2.05) is 42.2 Å². The molecule has 0 bridgehead atoms. The van der Waals surface area contributed by atoms with E-state index < -0.39 is 6.10 Å². The monoisotopic (exact) mass is 233 g/mol. The zero-order valence-electron chi connectivity index (χ0n) is 10.3. The van der Waals surface area contributed by atoms with Crippen LogP contribution in [0.25, 0.3) is 0 Å². The molecule has 1 saturated heterocycles. The Kier molecular flexibility index (Phi) is 4.02. The molecule has 1 amide bonds. The van der Waals surface area contributed by atoms with Crippen molar-refractivity contribution < 1.29 is 9.53 Å². The van der Waals surface area contributed by atoms with Crippen LogP contribution in [0.2, 0.25) is 0 Å². The fourth-order valence-electron chi connectivity index (χ4n) is 2.12. The Morgan fingerprint density at radius 1 is 1.18 bits per heavy atom. The van der Waals surface area contributed by atoms with Gasteiger partial charge in [0.25, 0.3) is 5.91 Å². The Hall–Kier alpha value is -1.51. The number of hydrogen-bond donors (Lipinski definition) is 0. The van der Waals surface area contributed by atoms with Crippen LogP contribution in [0.15, 0.2) is 30.3 Å². The molecule has 3 nitrogen and oxygen atoms in total. The summed E-state index contributed by atoms with van der Waals surface area (Å²) < 4.78 is 5.64. The van der Waals surface area contributed by atoms with Crippen molar-refractivity contribution in [3.8, 4) is 5.75 Å². The van der Waals surface area contributed by atoms with Gasteiger partial charge in [-0.2, -0.15) is 0 Å². The summed E-state index contributed by atoms with van der Waals surface area (Å²) in [6.45, 7) is 3.58. The molecule has 1 fully saturated rings. The van der Waals surface area contributed by atoms with Gasteiger partial charge < -0.3 is 9.64 Å². The number of carbonyl (C=O) groups is 1. The van der Waals surface area contributed by atoms with Crippen LogP contribution in [0, 0.1) is 0 Å². The van der Waals surface area contributed by atoms with Crippen molar-refractivity contribution in [2.24, 2.45) is 0 Å². The smallest absolute Gasteiger partial charge is 0.263 e. The van der Waals surface area contributed by atoms with Gasteiger partial charge in [-0.15, -0.1) is 0 Å². The second-order valence-corrected chi connectivity index (χ2v) is 4.46. The third kappa shape index (κ3) is 3.22. The van der Waals surface area contributed by atoms with Crippen LogP contribution >= 0.6 is 0 Å². The molecule has 0 aromatic heterocycles. The number of hydrogen-bond acceptors (Lipinski definition) is 2. The first-order chi connectivity index (χ1) is 8.27. The highest BCUT2D eigenvalue weighted by molar-refractivity contribution is 5.81. The molecule has 3 heteroatoms. The number of piperidine rings is 1. The lowest BCUT2D eigenvalue weighted by molar-refractivity contribution is -0.138. The van der Waals surface area contributed by atoms with E-state index in [0.29, 0.717) is 0 Å². The second-order valence-electron chi connectivity index (χ2n) is 4.46. The highest BCUT2D eigenvalue weighted by Gasteiger charge is 2.23. The largest absolute Gasteiger partial charge is 0.481 e. The predicted octanol–water partition coefficient (Wildman–Crippen LogP) is 2.47. The molecule has 92 valence electrons. The summed E-state index contributed by atoms with van der Waals surface area (Å²) in [5.41, 5.74) is 0. The Labute approximate surface area is 102 Å².